The molecular weight excluding hydrogens is 264 g/mol. The number of aromatic amines is 1. The molecule has 3 rings (SSSR count). The lowest BCUT2D eigenvalue weighted by molar-refractivity contribution is 1.37. The Morgan fingerprint density at radius 3 is 2.90 bits per heavy atom. The van der Waals surface area contributed by atoms with Gasteiger partial charge in [-0.3, -0.25) is 0 Å². The van der Waals surface area contributed by atoms with Crippen molar-refractivity contribution < 1.29 is 0 Å². The fourth-order valence-electron chi connectivity index (χ4n) is 2.28. The molecule has 0 bridgehead atoms. The average Bonchev–Trinajstić information content (AvgIpc) is 3.11. The smallest absolute Gasteiger partial charge is 0.123 e. The third-order valence-electron chi connectivity index (χ3n) is 3.27. The largest absolute Gasteiger partial charge is 0.360 e. The Kier molecular flexibility index (Phi) is 3.52. The van der Waals surface area contributed by atoms with Gasteiger partial charge in [0.15, 0.2) is 0 Å². The van der Waals surface area contributed by atoms with E-state index >= 15 is 0 Å². The molecule has 0 atom stereocenters. The molecule has 0 radical (unpaired) electrons. The minimum Gasteiger partial charge on any atom is -0.360 e. The van der Waals surface area contributed by atoms with Crippen molar-refractivity contribution in [3.05, 3.63) is 59.1 Å². The van der Waals surface area contributed by atoms with Gasteiger partial charge in [0, 0.05) is 33.6 Å². The Balaban J connectivity index is 2.06. The molecular formula is C17H16N2S. The van der Waals surface area contributed by atoms with Gasteiger partial charge in [0.25, 0.3) is 0 Å². The number of H-pyrrole nitrogens is 1. The molecule has 0 spiro atoms. The zero-order valence-electron chi connectivity index (χ0n) is 11.6. The van der Waals surface area contributed by atoms with Crippen LogP contribution in [0.3, 0.4) is 0 Å². The normalized spacial score (nSPS) is 12.6. The van der Waals surface area contributed by atoms with Crippen LogP contribution in [0.2, 0.25) is 0 Å². The average molecular weight is 280 g/mol. The molecule has 0 saturated heterocycles. The van der Waals surface area contributed by atoms with Crippen LogP contribution in [0.1, 0.15) is 18.9 Å². The van der Waals surface area contributed by atoms with Crippen molar-refractivity contribution in [1.82, 2.24) is 9.97 Å². The van der Waals surface area contributed by atoms with E-state index in [9.17, 15) is 0 Å². The van der Waals surface area contributed by atoms with E-state index in [-0.39, 0.29) is 0 Å². The van der Waals surface area contributed by atoms with E-state index in [0.717, 1.165) is 16.2 Å². The van der Waals surface area contributed by atoms with E-state index in [1.165, 1.54) is 16.5 Å². The number of rotatable bonds is 3. The number of allylic oxidation sites excluding steroid dienone is 4. The van der Waals surface area contributed by atoms with Gasteiger partial charge in [0.2, 0.25) is 0 Å². The van der Waals surface area contributed by atoms with Gasteiger partial charge in [-0.2, -0.15) is 0 Å². The number of nitrogens with zero attached hydrogens (tertiary/aromatic N) is 1. The molecule has 3 aromatic rings. The molecule has 0 aliphatic carbocycles. The van der Waals surface area contributed by atoms with Crippen molar-refractivity contribution in [2.24, 2.45) is 0 Å². The molecule has 0 aliphatic rings. The van der Waals surface area contributed by atoms with Gasteiger partial charge in [-0.1, -0.05) is 36.4 Å². The van der Waals surface area contributed by atoms with Gasteiger partial charge in [-0.25, -0.2) is 4.98 Å². The maximum atomic E-state index is 4.77. The number of benzene rings is 1. The Bertz CT molecular complexity index is 790. The van der Waals surface area contributed by atoms with Crippen molar-refractivity contribution in [2.75, 3.05) is 0 Å². The van der Waals surface area contributed by atoms with Crippen molar-refractivity contribution >= 4 is 27.8 Å². The summed E-state index contributed by atoms with van der Waals surface area (Å²) in [7, 11) is 0. The second-order valence-corrected chi connectivity index (χ2v) is 5.39. The van der Waals surface area contributed by atoms with E-state index in [1.54, 1.807) is 11.3 Å². The number of aromatic nitrogens is 2. The first kappa shape index (κ1) is 12.9. The summed E-state index contributed by atoms with van der Waals surface area (Å²) in [5, 5.41) is 4.40. The van der Waals surface area contributed by atoms with Crippen LogP contribution >= 0.6 is 11.3 Å². The fraction of sp³-hybridized carbons (Fsp3) is 0.118. The van der Waals surface area contributed by atoms with Crippen LogP contribution in [0.4, 0.5) is 0 Å². The van der Waals surface area contributed by atoms with Crippen LogP contribution in [-0.4, -0.2) is 9.97 Å². The van der Waals surface area contributed by atoms with E-state index < -0.39 is 0 Å². The van der Waals surface area contributed by atoms with E-state index in [1.807, 2.05) is 32.2 Å². The zero-order valence-corrected chi connectivity index (χ0v) is 12.4. The van der Waals surface area contributed by atoms with Gasteiger partial charge in [-0.05, 0) is 19.9 Å². The molecule has 3 heteroatoms. The highest BCUT2D eigenvalue weighted by molar-refractivity contribution is 7.11. The lowest BCUT2D eigenvalue weighted by atomic mass is 10.1. The van der Waals surface area contributed by atoms with E-state index in [4.69, 9.17) is 4.98 Å². The molecule has 0 amide bonds. The van der Waals surface area contributed by atoms with Crippen LogP contribution in [0.5, 0.6) is 0 Å². The maximum absolute atomic E-state index is 4.77. The molecule has 1 N–H and O–H groups in total. The molecule has 0 fully saturated rings. The third-order valence-corrected chi connectivity index (χ3v) is 4.16. The summed E-state index contributed by atoms with van der Waals surface area (Å²) in [6, 6.07) is 8.31. The minimum absolute atomic E-state index is 1.03. The predicted molar refractivity (Wildman–Crippen MR) is 87.9 cm³/mol. The van der Waals surface area contributed by atoms with Crippen molar-refractivity contribution in [3.8, 4) is 11.3 Å². The molecule has 0 saturated carbocycles. The first-order chi connectivity index (χ1) is 9.83. The summed E-state index contributed by atoms with van der Waals surface area (Å²) >= 11 is 1.68. The van der Waals surface area contributed by atoms with Crippen LogP contribution in [-0.2, 0) is 0 Å². The van der Waals surface area contributed by atoms with Crippen molar-refractivity contribution in [2.45, 2.75) is 13.8 Å². The third kappa shape index (κ3) is 2.21. The fourth-order valence-corrected chi connectivity index (χ4v) is 3.16. The standard InChI is InChI=1S/C17H16N2S/c1-3-7-12(4-2)17-19-16(11-20-17)14-10-18-15-9-6-5-8-13(14)15/h3-11,18H,1-2H3/b7-3-,12-4+. The first-order valence-corrected chi connectivity index (χ1v) is 7.53. The first-order valence-electron chi connectivity index (χ1n) is 6.65. The van der Waals surface area contributed by atoms with Crippen LogP contribution in [0.15, 0.2) is 54.1 Å². The number of fused-ring (bicyclic) bond motifs is 1. The van der Waals surface area contributed by atoms with E-state index in [2.05, 4.69) is 40.7 Å². The summed E-state index contributed by atoms with van der Waals surface area (Å²) in [6.07, 6.45) is 8.27. The highest BCUT2D eigenvalue weighted by Crippen LogP contribution is 2.31. The monoisotopic (exact) mass is 280 g/mol. The Labute approximate surface area is 122 Å². The Morgan fingerprint density at radius 1 is 1.25 bits per heavy atom. The number of thiazole rings is 1. The van der Waals surface area contributed by atoms with Gasteiger partial charge in [0.05, 0.1) is 5.69 Å². The van der Waals surface area contributed by atoms with Crippen LogP contribution in [0.25, 0.3) is 27.7 Å². The number of para-hydroxylation sites is 1. The highest BCUT2D eigenvalue weighted by Gasteiger charge is 2.10. The maximum Gasteiger partial charge on any atom is 0.123 e. The van der Waals surface area contributed by atoms with Crippen LogP contribution < -0.4 is 0 Å². The molecule has 100 valence electrons. The lowest BCUT2D eigenvalue weighted by Crippen LogP contribution is -1.80. The summed E-state index contributed by atoms with van der Waals surface area (Å²) in [5.41, 5.74) is 4.52. The molecule has 2 aromatic heterocycles. The predicted octanol–water partition coefficient (Wildman–Crippen LogP) is 5.27. The molecule has 2 heterocycles. The number of hydrogen-bond donors (Lipinski definition) is 1. The van der Waals surface area contributed by atoms with Gasteiger partial charge >= 0.3 is 0 Å². The van der Waals surface area contributed by atoms with Gasteiger partial charge in [-0.15, -0.1) is 11.3 Å². The zero-order chi connectivity index (χ0) is 13.9. The molecule has 20 heavy (non-hydrogen) atoms. The SMILES string of the molecule is C/C=C\C(=C/C)c1nc(-c2c[nH]c3ccccc23)cs1. The van der Waals surface area contributed by atoms with Crippen molar-refractivity contribution in [1.29, 1.82) is 0 Å². The van der Waals surface area contributed by atoms with Gasteiger partial charge < -0.3 is 4.98 Å². The molecule has 2 nitrogen and oxygen atoms in total. The molecule has 0 aliphatic heterocycles. The number of nitrogens with one attached hydrogen (secondary N) is 1. The van der Waals surface area contributed by atoms with E-state index in [0.29, 0.717) is 0 Å². The summed E-state index contributed by atoms with van der Waals surface area (Å²) < 4.78 is 0. The minimum atomic E-state index is 1.03. The van der Waals surface area contributed by atoms with Crippen LogP contribution in [0, 0.1) is 0 Å². The summed E-state index contributed by atoms with van der Waals surface area (Å²) in [4.78, 5) is 8.07. The lowest BCUT2D eigenvalue weighted by Gasteiger charge is -1.96. The quantitative estimate of drug-likeness (QED) is 0.650. The summed E-state index contributed by atoms with van der Waals surface area (Å²) in [6.45, 7) is 4.07. The topological polar surface area (TPSA) is 28.7 Å². The molecule has 1 aromatic carbocycles. The Hall–Kier alpha value is -2.13. The van der Waals surface area contributed by atoms with Crippen molar-refractivity contribution in [3.63, 3.8) is 0 Å². The molecule has 0 unspecified atom stereocenters. The second-order valence-electron chi connectivity index (χ2n) is 4.53. The summed E-state index contributed by atoms with van der Waals surface area (Å²) in [5.74, 6) is 0. The Morgan fingerprint density at radius 2 is 2.10 bits per heavy atom. The second kappa shape index (κ2) is 5.47. The highest BCUT2D eigenvalue weighted by atomic mass is 32.1. The number of hydrogen-bond acceptors (Lipinski definition) is 2. The van der Waals surface area contributed by atoms with Gasteiger partial charge in [0.1, 0.15) is 5.01 Å².